The number of hydrogen-bond acceptors (Lipinski definition) is 5. The van der Waals surface area contributed by atoms with Gasteiger partial charge in [0.15, 0.2) is 0 Å². The van der Waals surface area contributed by atoms with E-state index in [1.165, 1.54) is 79.1 Å². The summed E-state index contributed by atoms with van der Waals surface area (Å²) < 4.78 is 0. The molecular formula is C29H45Cl2N5. The molecule has 2 saturated heterocycles. The molecule has 2 aliphatic heterocycles. The number of aromatic nitrogens is 1. The third kappa shape index (κ3) is 6.66. The lowest BCUT2D eigenvalue weighted by atomic mass is 9.90. The number of rotatable bonds is 5. The monoisotopic (exact) mass is 533 g/mol. The molecule has 1 aromatic carbocycles. The third-order valence-electron chi connectivity index (χ3n) is 8.29. The predicted molar refractivity (Wildman–Crippen MR) is 159 cm³/mol. The molecular weight excluding hydrogens is 489 g/mol. The van der Waals surface area contributed by atoms with Gasteiger partial charge in [0.25, 0.3) is 0 Å². The first-order chi connectivity index (χ1) is 16.7. The number of pyridine rings is 1. The lowest BCUT2D eigenvalue weighted by molar-refractivity contribution is 0.270. The maximum absolute atomic E-state index is 5.28. The Bertz CT molecular complexity index is 935. The molecule has 0 spiro atoms. The van der Waals surface area contributed by atoms with Crippen molar-refractivity contribution in [2.75, 3.05) is 75.2 Å². The average Bonchev–Trinajstić information content (AvgIpc) is 2.89. The van der Waals surface area contributed by atoms with Crippen molar-refractivity contribution < 1.29 is 0 Å². The van der Waals surface area contributed by atoms with Gasteiger partial charge in [-0.2, -0.15) is 0 Å². The zero-order chi connectivity index (χ0) is 23.3. The van der Waals surface area contributed by atoms with Crippen molar-refractivity contribution in [1.82, 2.24) is 14.8 Å². The van der Waals surface area contributed by atoms with Gasteiger partial charge in [-0.3, -0.25) is 0 Å². The van der Waals surface area contributed by atoms with E-state index in [4.69, 9.17) is 4.98 Å². The molecule has 2 fully saturated rings. The summed E-state index contributed by atoms with van der Waals surface area (Å²) in [4.78, 5) is 15.4. The van der Waals surface area contributed by atoms with Crippen LogP contribution in [0.5, 0.6) is 0 Å². The predicted octanol–water partition coefficient (Wildman–Crippen LogP) is 5.54. The Hall–Kier alpha value is -1.53. The first-order valence-electron chi connectivity index (χ1n) is 13.8. The molecule has 36 heavy (non-hydrogen) atoms. The van der Waals surface area contributed by atoms with Crippen molar-refractivity contribution in [3.8, 4) is 11.1 Å². The fraction of sp³-hybridized carbons (Fsp3) is 0.621. The number of hydrogen-bond donors (Lipinski definition) is 0. The van der Waals surface area contributed by atoms with Crippen LogP contribution in [-0.2, 0) is 12.8 Å². The van der Waals surface area contributed by atoms with Gasteiger partial charge in [0.05, 0.1) is 0 Å². The molecule has 0 atom stereocenters. The minimum Gasteiger partial charge on any atom is -0.369 e. The van der Waals surface area contributed by atoms with Crippen LogP contribution in [0.15, 0.2) is 30.3 Å². The third-order valence-corrected chi connectivity index (χ3v) is 8.29. The molecule has 0 amide bonds. The van der Waals surface area contributed by atoms with E-state index in [1.807, 2.05) is 0 Å². The Morgan fingerprint density at radius 3 is 1.81 bits per heavy atom. The Morgan fingerprint density at radius 1 is 0.667 bits per heavy atom. The second-order valence-corrected chi connectivity index (χ2v) is 10.3. The number of anilines is 2. The Labute approximate surface area is 231 Å². The molecule has 7 heteroatoms. The highest BCUT2D eigenvalue weighted by Gasteiger charge is 2.22. The molecule has 0 unspecified atom stereocenters. The number of halogens is 2. The van der Waals surface area contributed by atoms with Crippen LogP contribution in [-0.4, -0.2) is 80.2 Å². The Balaban J connectivity index is 0.00000180. The smallest absolute Gasteiger partial charge is 0.129 e. The highest BCUT2D eigenvalue weighted by molar-refractivity contribution is 5.85. The molecule has 1 aromatic heterocycles. The molecule has 200 valence electrons. The number of fused-ring (bicyclic) bond motifs is 1. The second-order valence-electron chi connectivity index (χ2n) is 10.3. The fourth-order valence-electron chi connectivity index (χ4n) is 5.93. The molecule has 0 N–H and O–H groups in total. The van der Waals surface area contributed by atoms with Gasteiger partial charge in [-0.05, 0) is 73.7 Å². The zero-order valence-electron chi connectivity index (χ0n) is 22.3. The van der Waals surface area contributed by atoms with E-state index < -0.39 is 0 Å². The van der Waals surface area contributed by atoms with Gasteiger partial charge in [0.2, 0.25) is 0 Å². The average molecular weight is 535 g/mol. The zero-order valence-corrected chi connectivity index (χ0v) is 23.9. The van der Waals surface area contributed by atoms with Gasteiger partial charge in [-0.25, -0.2) is 4.98 Å². The highest BCUT2D eigenvalue weighted by Crippen LogP contribution is 2.34. The van der Waals surface area contributed by atoms with Gasteiger partial charge in [-0.15, -0.1) is 24.8 Å². The molecule has 3 aliphatic rings. The number of piperazine rings is 2. The summed E-state index contributed by atoms with van der Waals surface area (Å²) in [6.07, 6.45) is 7.55. The van der Waals surface area contributed by atoms with E-state index in [1.54, 1.807) is 0 Å². The quantitative estimate of drug-likeness (QED) is 0.502. The number of likely N-dealkylation sites (N-methyl/N-ethyl adjacent to an activating group) is 2. The normalized spacial score (nSPS) is 19.5. The molecule has 3 heterocycles. The van der Waals surface area contributed by atoms with E-state index in [0.29, 0.717) is 0 Å². The van der Waals surface area contributed by atoms with Crippen LogP contribution in [0.3, 0.4) is 0 Å². The lowest BCUT2D eigenvalue weighted by Crippen LogP contribution is -2.46. The molecule has 5 nitrogen and oxygen atoms in total. The van der Waals surface area contributed by atoms with Gasteiger partial charge in [-0.1, -0.05) is 38.8 Å². The molecule has 0 radical (unpaired) electrons. The number of benzene rings is 1. The highest BCUT2D eigenvalue weighted by atomic mass is 35.5. The van der Waals surface area contributed by atoms with Crippen molar-refractivity contribution >= 4 is 36.3 Å². The largest absolute Gasteiger partial charge is 0.369 e. The summed E-state index contributed by atoms with van der Waals surface area (Å²) in [6.45, 7) is 15.9. The van der Waals surface area contributed by atoms with Crippen LogP contribution >= 0.6 is 24.8 Å². The topological polar surface area (TPSA) is 25.9 Å². The first-order valence-corrected chi connectivity index (χ1v) is 13.8. The fourth-order valence-corrected chi connectivity index (χ4v) is 5.93. The maximum Gasteiger partial charge on any atom is 0.129 e. The van der Waals surface area contributed by atoms with Crippen molar-refractivity contribution in [3.05, 3.63) is 41.6 Å². The minimum atomic E-state index is 0. The first kappa shape index (κ1) is 29.0. The van der Waals surface area contributed by atoms with Gasteiger partial charge < -0.3 is 19.6 Å². The van der Waals surface area contributed by atoms with E-state index in [9.17, 15) is 0 Å². The van der Waals surface area contributed by atoms with E-state index in [-0.39, 0.29) is 24.8 Å². The summed E-state index contributed by atoms with van der Waals surface area (Å²) >= 11 is 0. The van der Waals surface area contributed by atoms with Crippen molar-refractivity contribution in [2.24, 2.45) is 0 Å². The van der Waals surface area contributed by atoms with Crippen LogP contribution in [0.4, 0.5) is 11.5 Å². The van der Waals surface area contributed by atoms with Crippen LogP contribution < -0.4 is 9.80 Å². The van der Waals surface area contributed by atoms with Crippen molar-refractivity contribution in [3.63, 3.8) is 0 Å². The molecule has 0 bridgehead atoms. The van der Waals surface area contributed by atoms with Crippen LogP contribution in [0.2, 0.25) is 0 Å². The van der Waals surface area contributed by atoms with Crippen LogP contribution in [0.1, 0.15) is 50.8 Å². The number of nitrogens with zero attached hydrogens (tertiary/aromatic N) is 5. The van der Waals surface area contributed by atoms with Crippen LogP contribution in [0, 0.1) is 0 Å². The summed E-state index contributed by atoms with van der Waals surface area (Å²) in [7, 11) is 0. The van der Waals surface area contributed by atoms with Gasteiger partial charge >= 0.3 is 0 Å². The Kier molecular flexibility index (Phi) is 11.2. The maximum atomic E-state index is 5.28. The SMILES string of the molecule is CCN1CCN(c2ccc(-c3cc(N4CCN(CC)CC4)nc4c3CCCCCC4)cc2)CC1.Cl.Cl. The Morgan fingerprint density at radius 2 is 1.22 bits per heavy atom. The standard InChI is InChI=1S/C29H43N5.2ClH/c1-3-31-15-19-33(20-16-31)25-13-11-24(12-14-25)27-23-29(34-21-17-32(4-2)18-22-34)30-28-10-8-6-5-7-9-26(27)28;;/h11-14,23H,3-10,15-22H2,1-2H3;2*1H. The van der Waals surface area contributed by atoms with Gasteiger partial charge in [0.1, 0.15) is 5.82 Å². The minimum absolute atomic E-state index is 0. The summed E-state index contributed by atoms with van der Waals surface area (Å²) in [5, 5.41) is 0. The summed E-state index contributed by atoms with van der Waals surface area (Å²) in [6, 6.07) is 11.9. The van der Waals surface area contributed by atoms with Crippen molar-refractivity contribution in [1.29, 1.82) is 0 Å². The summed E-state index contributed by atoms with van der Waals surface area (Å²) in [5.74, 6) is 1.20. The van der Waals surface area contributed by atoms with Crippen molar-refractivity contribution in [2.45, 2.75) is 52.4 Å². The molecule has 1 aliphatic carbocycles. The molecule has 2 aromatic rings. The van der Waals surface area contributed by atoms with Gasteiger partial charge in [0, 0.05) is 63.7 Å². The second kappa shape index (κ2) is 13.9. The molecule has 0 saturated carbocycles. The summed E-state index contributed by atoms with van der Waals surface area (Å²) in [5.41, 5.74) is 7.04. The van der Waals surface area contributed by atoms with E-state index in [2.05, 4.69) is 63.8 Å². The molecule has 5 rings (SSSR count). The van der Waals surface area contributed by atoms with E-state index >= 15 is 0 Å². The lowest BCUT2D eigenvalue weighted by Gasteiger charge is -2.36. The van der Waals surface area contributed by atoms with E-state index in [0.717, 1.165) is 58.8 Å². The van der Waals surface area contributed by atoms with Crippen LogP contribution in [0.25, 0.3) is 11.1 Å². The number of aryl methyl sites for hydroxylation is 1.